The Hall–Kier alpha value is -20.1. The molecule has 30 rings (SSSR count). The molecule has 0 fully saturated rings. The number of rotatable bonds is 10. The fraction of sp³-hybridized carbons (Fsp3) is 0. The molecule has 11 heteroatoms. The first-order valence-corrected chi connectivity index (χ1v) is 49.5. The van der Waals surface area contributed by atoms with Crippen LogP contribution in [0.2, 0.25) is 0 Å². The Bertz CT molecular complexity index is 10600. The lowest BCUT2D eigenvalue weighted by atomic mass is 9.84. The van der Waals surface area contributed by atoms with Gasteiger partial charge >= 0.3 is 0 Å². The lowest BCUT2D eigenvalue weighted by Gasteiger charge is -2.20. The summed E-state index contributed by atoms with van der Waals surface area (Å²) >= 11 is 0. The quantitative estimate of drug-likeness (QED) is 0.0747. The summed E-state index contributed by atoms with van der Waals surface area (Å²) in [7, 11) is 0. The van der Waals surface area contributed by atoms with Crippen LogP contribution < -0.4 is 0 Å². The van der Waals surface area contributed by atoms with Gasteiger partial charge in [0.1, 0.15) is 0 Å². The average Bonchev–Trinajstić information content (AvgIpc) is 1.62. The highest BCUT2D eigenvalue weighted by molar-refractivity contribution is 6.37. The summed E-state index contributed by atoms with van der Waals surface area (Å²) in [6.07, 6.45) is 9.26. The minimum atomic E-state index is 0.600. The maximum Gasteiger partial charge on any atom is 0.188 e. The van der Waals surface area contributed by atoms with Crippen LogP contribution in [0.1, 0.15) is 0 Å². The number of para-hydroxylation sites is 1. The van der Waals surface area contributed by atoms with Gasteiger partial charge < -0.3 is 4.57 Å². The zero-order valence-corrected chi connectivity index (χ0v) is 79.2. The molecular weight excluding hydrogens is 1790 g/mol. The lowest BCUT2D eigenvalue weighted by molar-refractivity contribution is 1.07. The minimum absolute atomic E-state index is 0.600. The molecule has 0 atom stereocenters. The van der Waals surface area contributed by atoms with E-state index in [-0.39, 0.29) is 0 Å². The molecule has 0 aliphatic carbocycles. The Morgan fingerprint density at radius 2 is 0.585 bits per heavy atom. The highest BCUT2D eigenvalue weighted by atomic mass is 15.0. The topological polar surface area (TPSA) is 125 Å². The van der Waals surface area contributed by atoms with Crippen molar-refractivity contribution >= 4 is 189 Å². The van der Waals surface area contributed by atoms with Crippen molar-refractivity contribution in [3.05, 3.63) is 503 Å². The number of hydrogen-bond acceptors (Lipinski definition) is 9. The second-order valence-corrected chi connectivity index (χ2v) is 37.4. The molecule has 0 aliphatic heterocycles. The molecule has 30 aromatic rings. The molecular formula is C136H81N11. The minimum Gasteiger partial charge on any atom is -0.309 e. The van der Waals surface area contributed by atoms with Gasteiger partial charge in [0, 0.05) is 118 Å². The van der Waals surface area contributed by atoms with Gasteiger partial charge in [-0.2, -0.15) is 0 Å². The van der Waals surface area contributed by atoms with Gasteiger partial charge in [0.25, 0.3) is 0 Å². The van der Waals surface area contributed by atoms with Crippen LogP contribution in [0.3, 0.4) is 0 Å². The molecule has 0 aliphatic rings. The third kappa shape index (κ3) is 14.3. The summed E-state index contributed by atoms with van der Waals surface area (Å²) < 4.78 is 2.28. The van der Waals surface area contributed by atoms with Gasteiger partial charge in [-0.15, -0.1) is 0 Å². The number of pyridine rings is 6. The summed E-state index contributed by atoms with van der Waals surface area (Å²) in [5.74, 6) is 1.86. The molecule has 0 spiro atoms. The summed E-state index contributed by atoms with van der Waals surface area (Å²) in [4.78, 5) is 48.5. The van der Waals surface area contributed by atoms with Crippen molar-refractivity contribution in [2.75, 3.05) is 0 Å². The van der Waals surface area contributed by atoms with Crippen molar-refractivity contribution in [3.63, 3.8) is 0 Å². The van der Waals surface area contributed by atoms with Crippen LogP contribution in [0.4, 0.5) is 5.69 Å². The molecule has 0 saturated heterocycles. The number of nitrogens with zero attached hydrogens (tertiary/aromatic N) is 11. The van der Waals surface area contributed by atoms with E-state index in [1.807, 2.05) is 122 Å². The van der Waals surface area contributed by atoms with Crippen molar-refractivity contribution in [2.45, 2.75) is 0 Å². The third-order valence-electron chi connectivity index (χ3n) is 29.3. The molecule has 147 heavy (non-hydrogen) atoms. The summed E-state index contributed by atoms with van der Waals surface area (Å²) in [6.45, 7) is 7.69. The van der Waals surface area contributed by atoms with Crippen molar-refractivity contribution in [1.82, 2.24) is 49.4 Å². The number of hydrogen-bond donors (Lipinski definition) is 0. The van der Waals surface area contributed by atoms with E-state index in [4.69, 9.17) is 41.5 Å². The van der Waals surface area contributed by atoms with Crippen molar-refractivity contribution in [2.24, 2.45) is 0 Å². The van der Waals surface area contributed by atoms with E-state index in [1.54, 1.807) is 6.20 Å². The molecule has 8 heterocycles. The third-order valence-corrected chi connectivity index (χ3v) is 29.3. The second-order valence-electron chi connectivity index (χ2n) is 37.4. The molecule has 11 nitrogen and oxygen atoms in total. The Morgan fingerprint density at radius 3 is 1.09 bits per heavy atom. The van der Waals surface area contributed by atoms with E-state index < -0.39 is 0 Å². The summed E-state index contributed by atoms with van der Waals surface area (Å²) in [5, 5.41) is 34.6. The van der Waals surface area contributed by atoms with Crippen LogP contribution in [-0.4, -0.2) is 49.4 Å². The molecule has 0 unspecified atom stereocenters. The SMILES string of the molecule is [C-]#[N+]c1ccc2c(c1)c1cc(-c3ccc4c(c3)nc(-c3ccccn3)c3c5ccccc5c5ccccc5c43)ccc1n2-c1ccccc1.c1ccc(-c2nc(-c3ccccc3)nc(-c3ccc4c(c3)nc(-c3cccnc3)c3c5ccccc5c5ccccc5c43)n2)cc1.c1ccc2c(-c3c4ccccc4c(-c4ccc5c(c4)nc(-c4ccncc4)c4c6ccccc6c6ccccc6c54)c4ccccc34)cccc2c1. The number of benzene rings is 22. The van der Waals surface area contributed by atoms with Crippen molar-refractivity contribution < 1.29 is 0 Å². The van der Waals surface area contributed by atoms with E-state index in [1.165, 1.54) is 135 Å². The van der Waals surface area contributed by atoms with Crippen LogP contribution in [-0.2, 0) is 0 Å². The van der Waals surface area contributed by atoms with Crippen LogP contribution in [0, 0.1) is 6.57 Å². The molecule has 22 aromatic carbocycles. The van der Waals surface area contributed by atoms with Crippen LogP contribution in [0.15, 0.2) is 492 Å². The van der Waals surface area contributed by atoms with E-state index >= 15 is 0 Å². The molecule has 0 amide bonds. The van der Waals surface area contributed by atoms with Gasteiger partial charge in [0.15, 0.2) is 23.2 Å². The number of fused-ring (bicyclic) bond motifs is 30. The Kier molecular flexibility index (Phi) is 20.4. The zero-order chi connectivity index (χ0) is 97.1. The summed E-state index contributed by atoms with van der Waals surface area (Å²) in [5.41, 5.74) is 22.2. The fourth-order valence-corrected chi connectivity index (χ4v) is 22.9. The smallest absolute Gasteiger partial charge is 0.188 e. The van der Waals surface area contributed by atoms with Gasteiger partial charge in [-0.05, 0) is 227 Å². The number of aromatic nitrogens is 10. The lowest BCUT2D eigenvalue weighted by Crippen LogP contribution is -2.00. The molecule has 0 bridgehead atoms. The zero-order valence-electron chi connectivity index (χ0n) is 79.2. The maximum atomic E-state index is 7.69. The normalized spacial score (nSPS) is 11.7. The molecule has 0 saturated carbocycles. The first kappa shape index (κ1) is 85.0. The molecule has 0 N–H and O–H groups in total. The predicted molar refractivity (Wildman–Crippen MR) is 612 cm³/mol. The van der Waals surface area contributed by atoms with E-state index in [9.17, 15) is 0 Å². The van der Waals surface area contributed by atoms with E-state index in [0.29, 0.717) is 23.2 Å². The Balaban J connectivity index is 0.000000107. The van der Waals surface area contributed by atoms with Crippen LogP contribution >= 0.6 is 0 Å². The Labute approximate surface area is 843 Å². The molecule has 0 radical (unpaired) electrons. The molecule has 680 valence electrons. The van der Waals surface area contributed by atoms with Gasteiger partial charge in [0.2, 0.25) is 0 Å². The first-order chi connectivity index (χ1) is 72.9. The monoisotopic (exact) mass is 1870 g/mol. The highest BCUT2D eigenvalue weighted by Gasteiger charge is 2.27. The second kappa shape index (κ2) is 35.3. The molecule has 8 aromatic heterocycles. The van der Waals surface area contributed by atoms with Crippen molar-refractivity contribution in [1.29, 1.82) is 0 Å². The first-order valence-electron chi connectivity index (χ1n) is 49.5. The predicted octanol–water partition coefficient (Wildman–Crippen LogP) is 35.6. The van der Waals surface area contributed by atoms with Gasteiger partial charge in [-0.1, -0.05) is 370 Å². The van der Waals surface area contributed by atoms with Gasteiger partial charge in [0.05, 0.1) is 56.9 Å². The summed E-state index contributed by atoms with van der Waals surface area (Å²) in [6, 6.07) is 163. The van der Waals surface area contributed by atoms with Gasteiger partial charge in [-0.25, -0.2) is 34.7 Å². The largest absolute Gasteiger partial charge is 0.309 e. The standard InChI is InChI=1S/C50H30N2.C45H26N4.C41H25N5/c1-2-14-34-31(12-1)13-11-23-37(34)47-42-21-9-7-19-40(42)46(41-20-8-10-22-43(41)47)33-24-25-44-45(30-33)52-50(32-26-28-51-29-27-32)49-39-18-6-4-16-36(39)35-15-3-5-17-38(35)48(44)49;1-46-30-20-23-42-38(27-30)37-25-28(19-22-41(37)49(42)31-11-3-2-4-12-31)29-18-21-36-40(26-29)48-45(39-17-9-10-24-47-39)44-35-16-8-6-14-33(35)32-13-5-7-15-34(32)43(36)44;1-3-12-26(13-4-1)39-44-40(27-14-5-2-6-15-27)46-41(45-39)28-21-22-34-35(24-28)43-38(29-16-11-23-42-25-29)37-33-20-10-8-18-31(33)30-17-7-9-19-32(30)36(34)37/h1-30H;2-27H;1-25H. The highest BCUT2D eigenvalue weighted by Crippen LogP contribution is 2.52. The van der Waals surface area contributed by atoms with E-state index in [0.717, 1.165) is 138 Å². The van der Waals surface area contributed by atoms with Crippen LogP contribution in [0.5, 0.6) is 0 Å². The average molecular weight is 1870 g/mol. The van der Waals surface area contributed by atoms with Crippen LogP contribution in [0.25, 0.3) is 296 Å². The van der Waals surface area contributed by atoms with Gasteiger partial charge in [-0.3, -0.25) is 15.0 Å². The van der Waals surface area contributed by atoms with E-state index in [2.05, 4.69) is 383 Å². The van der Waals surface area contributed by atoms with Crippen molar-refractivity contribution in [3.8, 4) is 107 Å². The fourth-order valence-electron chi connectivity index (χ4n) is 22.9. The maximum absolute atomic E-state index is 7.69. The Morgan fingerprint density at radius 1 is 0.204 bits per heavy atom.